The Kier molecular flexibility index (Phi) is 9.68. The van der Waals surface area contributed by atoms with E-state index in [2.05, 4.69) is 42.4 Å². The maximum atomic E-state index is 12.6. The normalized spacial score (nSPS) is 12.1. The summed E-state index contributed by atoms with van der Waals surface area (Å²) in [6.45, 7) is 4.10. The fraction of sp³-hybridized carbons (Fsp3) is 0.273. The van der Waals surface area contributed by atoms with E-state index < -0.39 is 23.9 Å². The summed E-state index contributed by atoms with van der Waals surface area (Å²) >= 11 is 3.33. The molecular formula is C22H27BrN6O3. The fourth-order valence-corrected chi connectivity index (χ4v) is 3.10. The standard InChI is InChI=1S/C22H27BrN6O3/c1-14(2)11-18(19(24)30)26-22(32)29-28-21(25-13-15-7-4-3-5-8-15)27-20(31)16-9-6-10-17(23)12-16/h3-10,12,14,18H,11,13H2,1-2H3,(H2,24,30)(H2,26,29,32)(H2,25,27,28,31)/t18-/m0/s1. The summed E-state index contributed by atoms with van der Waals surface area (Å²) in [5.74, 6) is -0.848. The van der Waals surface area contributed by atoms with Crippen molar-refractivity contribution in [2.45, 2.75) is 32.9 Å². The summed E-state index contributed by atoms with van der Waals surface area (Å²) in [7, 11) is 0. The number of primary amides is 1. The molecular weight excluding hydrogens is 476 g/mol. The van der Waals surface area contributed by atoms with Crippen molar-refractivity contribution in [3.8, 4) is 0 Å². The zero-order valence-electron chi connectivity index (χ0n) is 17.9. The van der Waals surface area contributed by atoms with E-state index >= 15 is 0 Å². The zero-order chi connectivity index (χ0) is 23.5. The van der Waals surface area contributed by atoms with Crippen LogP contribution >= 0.6 is 15.9 Å². The van der Waals surface area contributed by atoms with Gasteiger partial charge in [0.1, 0.15) is 6.04 Å². The second-order valence-corrected chi connectivity index (χ2v) is 8.34. The smallest absolute Gasteiger partial charge is 0.334 e. The lowest BCUT2D eigenvalue weighted by molar-refractivity contribution is -0.120. The number of benzene rings is 2. The predicted molar refractivity (Wildman–Crippen MR) is 126 cm³/mol. The van der Waals surface area contributed by atoms with Crippen LogP contribution in [-0.2, 0) is 11.3 Å². The molecule has 32 heavy (non-hydrogen) atoms. The molecule has 170 valence electrons. The van der Waals surface area contributed by atoms with E-state index in [4.69, 9.17) is 5.73 Å². The number of hydrogen-bond acceptors (Lipinski definition) is 4. The molecule has 2 aromatic rings. The number of aliphatic imine (C=N–C) groups is 1. The summed E-state index contributed by atoms with van der Waals surface area (Å²) in [4.78, 5) is 40.8. The Balaban J connectivity index is 2.07. The summed E-state index contributed by atoms with van der Waals surface area (Å²) in [6.07, 6.45) is 0.400. The van der Waals surface area contributed by atoms with Gasteiger partial charge in [-0.05, 0) is 36.1 Å². The highest BCUT2D eigenvalue weighted by Crippen LogP contribution is 2.11. The summed E-state index contributed by atoms with van der Waals surface area (Å²) in [5.41, 5.74) is 11.7. The molecule has 6 N–H and O–H groups in total. The van der Waals surface area contributed by atoms with E-state index in [9.17, 15) is 14.4 Å². The molecule has 0 fully saturated rings. The van der Waals surface area contributed by atoms with Gasteiger partial charge >= 0.3 is 6.03 Å². The topological polar surface area (TPSA) is 138 Å². The molecule has 4 amide bonds. The highest BCUT2D eigenvalue weighted by Gasteiger charge is 2.19. The molecule has 0 aliphatic heterocycles. The van der Waals surface area contributed by atoms with Crippen LogP contribution in [0.1, 0.15) is 36.2 Å². The van der Waals surface area contributed by atoms with E-state index in [0.29, 0.717) is 12.0 Å². The van der Waals surface area contributed by atoms with Gasteiger partial charge in [0.25, 0.3) is 5.91 Å². The number of halogens is 1. The Bertz CT molecular complexity index is 965. The summed E-state index contributed by atoms with van der Waals surface area (Å²) in [5, 5.41) is 5.15. The molecule has 0 aromatic heterocycles. The lowest BCUT2D eigenvalue weighted by Gasteiger charge is -2.19. The molecule has 0 spiro atoms. The molecule has 0 unspecified atom stereocenters. The van der Waals surface area contributed by atoms with Crippen LogP contribution in [0.15, 0.2) is 64.1 Å². The van der Waals surface area contributed by atoms with Gasteiger partial charge in [0.15, 0.2) is 0 Å². The molecule has 1 atom stereocenters. The number of rotatable bonds is 7. The fourth-order valence-electron chi connectivity index (χ4n) is 2.70. The number of carbonyl (C=O) groups excluding carboxylic acids is 3. The van der Waals surface area contributed by atoms with Crippen molar-refractivity contribution >= 4 is 39.7 Å². The summed E-state index contributed by atoms with van der Waals surface area (Å²) in [6, 6.07) is 14.8. The van der Waals surface area contributed by atoms with Crippen molar-refractivity contribution in [3.63, 3.8) is 0 Å². The average Bonchev–Trinajstić information content (AvgIpc) is 2.75. The minimum Gasteiger partial charge on any atom is -0.368 e. The van der Waals surface area contributed by atoms with E-state index in [1.807, 2.05) is 44.2 Å². The van der Waals surface area contributed by atoms with Gasteiger partial charge in [-0.3, -0.25) is 20.3 Å². The average molecular weight is 503 g/mol. The van der Waals surface area contributed by atoms with E-state index in [1.165, 1.54) is 0 Å². The van der Waals surface area contributed by atoms with Crippen LogP contribution in [0.25, 0.3) is 0 Å². The van der Waals surface area contributed by atoms with Gasteiger partial charge in [-0.1, -0.05) is 66.2 Å². The third-order valence-electron chi connectivity index (χ3n) is 4.23. The van der Waals surface area contributed by atoms with E-state index in [1.54, 1.807) is 24.3 Å². The molecule has 0 aliphatic carbocycles. The Hall–Kier alpha value is -3.40. The van der Waals surface area contributed by atoms with Crippen LogP contribution < -0.4 is 27.2 Å². The SMILES string of the molecule is CC(C)C[C@H](NC(=O)NNC(=NCc1ccccc1)NC(=O)c1cccc(Br)c1)C(N)=O. The Morgan fingerprint density at radius 1 is 1.03 bits per heavy atom. The van der Waals surface area contributed by atoms with Crippen LogP contribution in [0.2, 0.25) is 0 Å². The maximum absolute atomic E-state index is 12.6. The molecule has 9 nitrogen and oxygen atoms in total. The first kappa shape index (κ1) is 24.9. The maximum Gasteiger partial charge on any atom is 0.334 e. The number of nitrogens with zero attached hydrogens (tertiary/aromatic N) is 1. The number of nitrogens with two attached hydrogens (primary N) is 1. The lowest BCUT2D eigenvalue weighted by Crippen LogP contribution is -2.56. The zero-order valence-corrected chi connectivity index (χ0v) is 19.5. The number of amides is 4. The first-order valence-electron chi connectivity index (χ1n) is 10.0. The number of hydrogen-bond donors (Lipinski definition) is 5. The Labute approximate surface area is 195 Å². The van der Waals surface area contributed by atoms with Gasteiger partial charge in [-0.2, -0.15) is 0 Å². The van der Waals surface area contributed by atoms with Gasteiger partial charge in [0.05, 0.1) is 6.54 Å². The molecule has 0 aliphatic rings. The molecule has 0 saturated carbocycles. The quantitative estimate of drug-likeness (QED) is 0.225. The Morgan fingerprint density at radius 3 is 2.38 bits per heavy atom. The van der Waals surface area contributed by atoms with Gasteiger partial charge < -0.3 is 11.1 Å². The van der Waals surface area contributed by atoms with Crippen molar-refractivity contribution in [2.24, 2.45) is 16.6 Å². The van der Waals surface area contributed by atoms with Crippen LogP contribution in [0.3, 0.4) is 0 Å². The number of carbonyl (C=O) groups is 3. The largest absolute Gasteiger partial charge is 0.368 e. The van der Waals surface area contributed by atoms with Gasteiger partial charge in [0, 0.05) is 10.0 Å². The lowest BCUT2D eigenvalue weighted by atomic mass is 10.0. The molecule has 0 radical (unpaired) electrons. The number of guanidine groups is 1. The van der Waals surface area contributed by atoms with Crippen LogP contribution in [-0.4, -0.2) is 29.8 Å². The molecule has 0 heterocycles. The first-order valence-corrected chi connectivity index (χ1v) is 10.8. The van der Waals surface area contributed by atoms with Gasteiger partial charge in [-0.15, -0.1) is 0 Å². The second kappa shape index (κ2) is 12.5. The second-order valence-electron chi connectivity index (χ2n) is 7.42. The molecule has 2 rings (SSSR count). The van der Waals surface area contributed by atoms with Crippen LogP contribution in [0.5, 0.6) is 0 Å². The van der Waals surface area contributed by atoms with Crippen LogP contribution in [0.4, 0.5) is 4.79 Å². The third kappa shape index (κ3) is 8.76. The van der Waals surface area contributed by atoms with Crippen molar-refractivity contribution in [3.05, 3.63) is 70.2 Å². The van der Waals surface area contributed by atoms with Crippen molar-refractivity contribution in [2.75, 3.05) is 0 Å². The third-order valence-corrected chi connectivity index (χ3v) is 4.72. The first-order chi connectivity index (χ1) is 15.2. The number of urea groups is 1. The molecule has 10 heteroatoms. The number of nitrogens with one attached hydrogen (secondary N) is 4. The molecule has 0 saturated heterocycles. The van der Waals surface area contributed by atoms with Crippen molar-refractivity contribution < 1.29 is 14.4 Å². The Morgan fingerprint density at radius 2 is 1.75 bits per heavy atom. The van der Waals surface area contributed by atoms with Crippen molar-refractivity contribution in [1.82, 2.24) is 21.5 Å². The monoisotopic (exact) mass is 502 g/mol. The minimum absolute atomic E-state index is 0.0356. The summed E-state index contributed by atoms with van der Waals surface area (Å²) < 4.78 is 0.751. The van der Waals surface area contributed by atoms with Crippen LogP contribution in [0, 0.1) is 5.92 Å². The number of hydrazine groups is 1. The van der Waals surface area contributed by atoms with E-state index in [-0.39, 0.29) is 18.4 Å². The highest BCUT2D eigenvalue weighted by atomic mass is 79.9. The highest BCUT2D eigenvalue weighted by molar-refractivity contribution is 9.10. The predicted octanol–water partition coefficient (Wildman–Crippen LogP) is 2.44. The van der Waals surface area contributed by atoms with Gasteiger partial charge in [-0.25, -0.2) is 15.2 Å². The molecule has 0 bridgehead atoms. The van der Waals surface area contributed by atoms with Crippen molar-refractivity contribution in [1.29, 1.82) is 0 Å². The molecule has 2 aromatic carbocycles. The van der Waals surface area contributed by atoms with E-state index in [0.717, 1.165) is 10.0 Å². The van der Waals surface area contributed by atoms with Gasteiger partial charge in [0.2, 0.25) is 11.9 Å². The minimum atomic E-state index is -0.822.